The molecule has 2 nitrogen and oxygen atoms in total. The molecule has 1 N–H and O–H groups in total. The lowest BCUT2D eigenvalue weighted by atomic mass is 10.1. The molecule has 0 spiro atoms. The van der Waals surface area contributed by atoms with E-state index in [1.807, 2.05) is 0 Å². The molecule has 3 heteroatoms. The second-order valence-corrected chi connectivity index (χ2v) is 4.26. The minimum atomic E-state index is -0.0302. The number of hydrogen-bond donors (Lipinski definition) is 1. The zero-order valence-electron chi connectivity index (χ0n) is 7.51. The van der Waals surface area contributed by atoms with Crippen LogP contribution in [0.15, 0.2) is 0 Å². The van der Waals surface area contributed by atoms with Gasteiger partial charge in [0.05, 0.1) is 6.10 Å². The summed E-state index contributed by atoms with van der Waals surface area (Å²) in [4.78, 5) is 2.45. The zero-order chi connectivity index (χ0) is 8.81. The minimum Gasteiger partial charge on any atom is -0.393 e. The number of alkyl halides is 1. The second-order valence-electron chi connectivity index (χ2n) is 3.47. The average Bonchev–Trinajstić information content (AvgIpc) is 2.09. The fourth-order valence-electron chi connectivity index (χ4n) is 1.57. The third kappa shape index (κ3) is 3.87. The quantitative estimate of drug-likeness (QED) is 0.592. The van der Waals surface area contributed by atoms with Crippen molar-refractivity contribution < 1.29 is 5.11 Å². The predicted octanol–water partition coefficient (Wildman–Crippen LogP) is 1.62. The summed E-state index contributed by atoms with van der Waals surface area (Å²) in [6.07, 6.45) is 4.45. The molecule has 0 radical (unpaired) electrons. The number of nitrogens with zero attached hydrogens (tertiary/aromatic N) is 1. The molecule has 1 heterocycles. The Balaban J connectivity index is 2.01. The van der Waals surface area contributed by atoms with Crippen molar-refractivity contribution in [2.24, 2.45) is 0 Å². The fraction of sp³-hybridized carbons (Fsp3) is 1.00. The second kappa shape index (κ2) is 5.95. The topological polar surface area (TPSA) is 23.5 Å². The molecule has 0 bridgehead atoms. The molecule has 0 saturated carbocycles. The van der Waals surface area contributed by atoms with Crippen LogP contribution in [0.5, 0.6) is 0 Å². The Hall–Kier alpha value is 0.400. The minimum absolute atomic E-state index is 0.0302. The molecule has 0 amide bonds. The van der Waals surface area contributed by atoms with E-state index in [0.29, 0.717) is 0 Å². The van der Waals surface area contributed by atoms with Gasteiger partial charge in [0.1, 0.15) is 0 Å². The number of halogens is 1. The molecule has 1 aliphatic heterocycles. The van der Waals surface area contributed by atoms with Gasteiger partial charge in [-0.15, -0.1) is 0 Å². The fourth-order valence-corrected chi connectivity index (χ4v) is 1.97. The Morgan fingerprint density at radius 3 is 2.50 bits per heavy atom. The number of likely N-dealkylation sites (tertiary alicyclic amines) is 1. The molecule has 1 saturated heterocycles. The molecule has 0 aromatic carbocycles. The highest BCUT2D eigenvalue weighted by molar-refractivity contribution is 9.09. The summed E-state index contributed by atoms with van der Waals surface area (Å²) in [6, 6.07) is 0. The highest BCUT2D eigenvalue weighted by Crippen LogP contribution is 2.10. The van der Waals surface area contributed by atoms with E-state index in [4.69, 9.17) is 0 Å². The molecule has 0 unspecified atom stereocenters. The van der Waals surface area contributed by atoms with E-state index in [9.17, 15) is 5.11 Å². The maximum Gasteiger partial charge on any atom is 0.0564 e. The van der Waals surface area contributed by atoms with Crippen LogP contribution in [0, 0.1) is 0 Å². The average molecular weight is 236 g/mol. The van der Waals surface area contributed by atoms with Crippen LogP contribution in [0.25, 0.3) is 0 Å². The van der Waals surface area contributed by atoms with Gasteiger partial charge in [0.25, 0.3) is 0 Å². The van der Waals surface area contributed by atoms with E-state index in [1.54, 1.807) is 0 Å². The van der Waals surface area contributed by atoms with Crippen LogP contribution in [0.2, 0.25) is 0 Å². The first kappa shape index (κ1) is 10.5. The normalized spacial score (nSPS) is 21.5. The number of aliphatic hydroxyl groups excluding tert-OH is 1. The van der Waals surface area contributed by atoms with E-state index in [-0.39, 0.29) is 6.10 Å². The molecule has 1 rings (SSSR count). The van der Waals surface area contributed by atoms with Gasteiger partial charge >= 0.3 is 0 Å². The van der Waals surface area contributed by atoms with Gasteiger partial charge in [-0.1, -0.05) is 15.9 Å². The Bertz CT molecular complexity index is 113. The molecule has 0 atom stereocenters. The lowest BCUT2D eigenvalue weighted by molar-refractivity contribution is 0.0821. The lowest BCUT2D eigenvalue weighted by Gasteiger charge is -2.29. The van der Waals surface area contributed by atoms with E-state index >= 15 is 0 Å². The molecule has 0 aliphatic carbocycles. The van der Waals surface area contributed by atoms with Crippen molar-refractivity contribution in [2.75, 3.05) is 25.0 Å². The lowest BCUT2D eigenvalue weighted by Crippen LogP contribution is -2.36. The molecule has 1 aliphatic rings. The van der Waals surface area contributed by atoms with Crippen molar-refractivity contribution >= 4 is 15.9 Å². The highest BCUT2D eigenvalue weighted by atomic mass is 79.9. The summed E-state index contributed by atoms with van der Waals surface area (Å²) in [5.74, 6) is 0. The standard InChI is InChI=1S/C9H18BrNO/c10-5-1-2-6-11-7-3-9(12)4-8-11/h9,12H,1-8H2. The van der Waals surface area contributed by atoms with Gasteiger partial charge in [0.2, 0.25) is 0 Å². The number of hydrogen-bond acceptors (Lipinski definition) is 2. The summed E-state index contributed by atoms with van der Waals surface area (Å²) < 4.78 is 0. The van der Waals surface area contributed by atoms with Crippen LogP contribution >= 0.6 is 15.9 Å². The molecular formula is C9H18BrNO. The Morgan fingerprint density at radius 1 is 1.25 bits per heavy atom. The molecule has 72 valence electrons. The maximum absolute atomic E-state index is 9.26. The van der Waals surface area contributed by atoms with Crippen LogP contribution in [0.4, 0.5) is 0 Å². The summed E-state index contributed by atoms with van der Waals surface area (Å²) >= 11 is 3.43. The number of aliphatic hydroxyl groups is 1. The third-order valence-corrected chi connectivity index (χ3v) is 2.98. The van der Waals surface area contributed by atoms with Gasteiger partial charge in [-0.3, -0.25) is 0 Å². The van der Waals surface area contributed by atoms with E-state index in [1.165, 1.54) is 19.4 Å². The maximum atomic E-state index is 9.26. The largest absolute Gasteiger partial charge is 0.393 e. The van der Waals surface area contributed by atoms with Gasteiger partial charge in [-0.2, -0.15) is 0 Å². The van der Waals surface area contributed by atoms with E-state index < -0.39 is 0 Å². The van der Waals surface area contributed by atoms with Crippen molar-refractivity contribution in [2.45, 2.75) is 31.8 Å². The van der Waals surface area contributed by atoms with Gasteiger partial charge in [-0.25, -0.2) is 0 Å². The predicted molar refractivity (Wildman–Crippen MR) is 54.7 cm³/mol. The first-order chi connectivity index (χ1) is 5.83. The van der Waals surface area contributed by atoms with Gasteiger partial charge in [0, 0.05) is 18.4 Å². The summed E-state index contributed by atoms with van der Waals surface area (Å²) in [6.45, 7) is 3.38. The van der Waals surface area contributed by atoms with Crippen molar-refractivity contribution in [3.05, 3.63) is 0 Å². The van der Waals surface area contributed by atoms with Crippen LogP contribution in [-0.2, 0) is 0 Å². The number of unbranched alkanes of at least 4 members (excludes halogenated alkanes) is 1. The molecule has 12 heavy (non-hydrogen) atoms. The smallest absolute Gasteiger partial charge is 0.0564 e. The van der Waals surface area contributed by atoms with E-state index in [0.717, 1.165) is 31.3 Å². The van der Waals surface area contributed by atoms with Crippen molar-refractivity contribution in [3.63, 3.8) is 0 Å². The van der Waals surface area contributed by atoms with Gasteiger partial charge < -0.3 is 10.0 Å². The van der Waals surface area contributed by atoms with Crippen LogP contribution in [0.1, 0.15) is 25.7 Å². The molecular weight excluding hydrogens is 218 g/mol. The molecule has 0 aromatic rings. The first-order valence-corrected chi connectivity index (χ1v) is 5.91. The molecule has 0 aromatic heterocycles. The SMILES string of the molecule is OC1CCN(CCCCBr)CC1. The molecule has 1 fully saturated rings. The Morgan fingerprint density at radius 2 is 1.92 bits per heavy atom. The van der Waals surface area contributed by atoms with Crippen molar-refractivity contribution in [3.8, 4) is 0 Å². The van der Waals surface area contributed by atoms with E-state index in [2.05, 4.69) is 20.8 Å². The van der Waals surface area contributed by atoms with Gasteiger partial charge in [0.15, 0.2) is 0 Å². The Labute approximate surface area is 83.1 Å². The summed E-state index contributed by atoms with van der Waals surface area (Å²) in [5, 5.41) is 10.4. The number of rotatable bonds is 4. The monoisotopic (exact) mass is 235 g/mol. The van der Waals surface area contributed by atoms with Crippen LogP contribution in [0.3, 0.4) is 0 Å². The summed E-state index contributed by atoms with van der Waals surface area (Å²) in [7, 11) is 0. The third-order valence-electron chi connectivity index (χ3n) is 2.42. The zero-order valence-corrected chi connectivity index (χ0v) is 9.09. The van der Waals surface area contributed by atoms with Crippen LogP contribution in [-0.4, -0.2) is 41.1 Å². The highest BCUT2D eigenvalue weighted by Gasteiger charge is 2.15. The summed E-state index contributed by atoms with van der Waals surface area (Å²) in [5.41, 5.74) is 0. The number of piperidine rings is 1. The van der Waals surface area contributed by atoms with Crippen molar-refractivity contribution in [1.29, 1.82) is 0 Å². The van der Waals surface area contributed by atoms with Gasteiger partial charge in [-0.05, 0) is 32.2 Å². The Kier molecular flexibility index (Phi) is 5.19. The first-order valence-electron chi connectivity index (χ1n) is 4.79. The van der Waals surface area contributed by atoms with Crippen molar-refractivity contribution in [1.82, 2.24) is 4.90 Å². The van der Waals surface area contributed by atoms with Crippen LogP contribution < -0.4 is 0 Å².